The van der Waals surface area contributed by atoms with E-state index in [-0.39, 0.29) is 30.0 Å². The van der Waals surface area contributed by atoms with Gasteiger partial charge in [-0.25, -0.2) is 0 Å². The summed E-state index contributed by atoms with van der Waals surface area (Å²) in [6, 6.07) is -0.382. The van der Waals surface area contributed by atoms with Crippen LogP contribution in [0.25, 0.3) is 0 Å². The Morgan fingerprint density at radius 1 is 1.73 bits per heavy atom. The lowest BCUT2D eigenvalue weighted by molar-refractivity contribution is -0.139. The van der Waals surface area contributed by atoms with E-state index in [4.69, 9.17) is 5.11 Å². The highest BCUT2D eigenvalue weighted by molar-refractivity contribution is 14.0. The summed E-state index contributed by atoms with van der Waals surface area (Å²) in [5.74, 6) is 0.120. The molecule has 0 fully saturated rings. The molecule has 0 unspecified atom stereocenters. The van der Waals surface area contributed by atoms with Gasteiger partial charge in [-0.2, -0.15) is 11.8 Å². The molecule has 0 aromatic heterocycles. The Balaban J connectivity index is 0. The number of thioether (sulfide) groups is 1. The fourth-order valence-corrected chi connectivity index (χ4v) is 1.10. The smallest absolute Gasteiger partial charge is 0.320 e. The molecule has 0 amide bonds. The monoisotopic (exact) mass is 291 g/mol. The molecule has 0 rings (SSSR count). The number of carboxylic acids is 1. The summed E-state index contributed by atoms with van der Waals surface area (Å²) in [6.45, 7) is 0. The Hall–Kier alpha value is 0.510. The van der Waals surface area contributed by atoms with Crippen LogP contribution in [0.15, 0.2) is 0 Å². The van der Waals surface area contributed by atoms with Gasteiger partial charge in [-0.05, 0) is 25.5 Å². The van der Waals surface area contributed by atoms with Gasteiger partial charge in [0, 0.05) is 0 Å². The summed E-state index contributed by atoms with van der Waals surface area (Å²) in [5.41, 5.74) is 0. The molecule has 0 spiro atoms. The lowest BCUT2D eigenvalue weighted by atomic mass is 10.2. The molecule has 5 heteroatoms. The Morgan fingerprint density at radius 3 is 2.55 bits per heavy atom. The molecule has 0 aliphatic heterocycles. The third-order valence-corrected chi connectivity index (χ3v) is 1.90. The van der Waals surface area contributed by atoms with Gasteiger partial charge in [0.15, 0.2) is 0 Å². The second kappa shape index (κ2) is 8.61. The summed E-state index contributed by atoms with van der Waals surface area (Å²) in [7, 11) is 1.67. The topological polar surface area (TPSA) is 49.3 Å². The zero-order valence-corrected chi connectivity index (χ0v) is 9.81. The van der Waals surface area contributed by atoms with Crippen LogP contribution in [0.4, 0.5) is 0 Å². The van der Waals surface area contributed by atoms with E-state index in [0.717, 1.165) is 5.75 Å². The third kappa shape index (κ3) is 6.89. The summed E-state index contributed by atoms with van der Waals surface area (Å²) in [4.78, 5) is 10.4. The molecule has 0 aliphatic rings. The number of nitrogens with one attached hydrogen (secondary N) is 1. The van der Waals surface area contributed by atoms with Crippen molar-refractivity contribution in [3.63, 3.8) is 0 Å². The molecule has 0 heterocycles. The highest BCUT2D eigenvalue weighted by Crippen LogP contribution is 1.99. The van der Waals surface area contributed by atoms with Crippen molar-refractivity contribution in [2.24, 2.45) is 0 Å². The van der Waals surface area contributed by atoms with Crippen LogP contribution in [-0.2, 0) is 4.79 Å². The Morgan fingerprint density at radius 2 is 2.27 bits per heavy atom. The maximum Gasteiger partial charge on any atom is 0.320 e. The van der Waals surface area contributed by atoms with Crippen molar-refractivity contribution < 1.29 is 9.90 Å². The van der Waals surface area contributed by atoms with Gasteiger partial charge in [0.1, 0.15) is 6.04 Å². The van der Waals surface area contributed by atoms with Crippen molar-refractivity contribution in [1.29, 1.82) is 0 Å². The van der Waals surface area contributed by atoms with E-state index in [2.05, 4.69) is 5.32 Å². The summed E-state index contributed by atoms with van der Waals surface area (Å²) in [6.07, 6.45) is 2.65. The van der Waals surface area contributed by atoms with Gasteiger partial charge in [0.05, 0.1) is 0 Å². The summed E-state index contributed by atoms with van der Waals surface area (Å²) < 4.78 is 0. The number of halogens is 1. The predicted octanol–water partition coefficient (Wildman–Crippen LogP) is 1.03. The second-order valence-corrected chi connectivity index (χ2v) is 2.95. The van der Waals surface area contributed by atoms with Crippen molar-refractivity contribution >= 4 is 41.7 Å². The molecule has 68 valence electrons. The van der Waals surface area contributed by atoms with E-state index in [1.807, 2.05) is 6.26 Å². The SMILES string of the molecule is CN[C@@H](CCSC)C(=O)O.I. The zero-order chi connectivity index (χ0) is 7.98. The van der Waals surface area contributed by atoms with Crippen molar-refractivity contribution in [2.45, 2.75) is 12.5 Å². The molecule has 0 saturated heterocycles. The van der Waals surface area contributed by atoms with Crippen LogP contribution in [0, 0.1) is 0 Å². The lowest BCUT2D eigenvalue weighted by Gasteiger charge is -2.08. The number of rotatable bonds is 5. The van der Waals surface area contributed by atoms with Crippen LogP contribution in [0.2, 0.25) is 0 Å². The fraction of sp³-hybridized carbons (Fsp3) is 0.833. The standard InChI is InChI=1S/C6H13NO2S.HI/c1-7-5(6(8)9)3-4-10-2;/h5,7H,3-4H2,1-2H3,(H,8,9);1H/t5-;/m0./s1. The van der Waals surface area contributed by atoms with E-state index in [1.54, 1.807) is 18.8 Å². The Labute approximate surface area is 88.3 Å². The summed E-state index contributed by atoms with van der Waals surface area (Å²) >= 11 is 1.66. The molecule has 11 heavy (non-hydrogen) atoms. The number of carboxylic acid groups (broad SMARTS) is 1. The molecule has 0 aromatic carbocycles. The van der Waals surface area contributed by atoms with Gasteiger partial charge in [-0.3, -0.25) is 4.79 Å². The lowest BCUT2D eigenvalue weighted by Crippen LogP contribution is -2.34. The molecule has 2 N–H and O–H groups in total. The first-order valence-electron chi connectivity index (χ1n) is 3.11. The summed E-state index contributed by atoms with van der Waals surface area (Å²) in [5, 5.41) is 11.3. The maximum absolute atomic E-state index is 10.4. The minimum Gasteiger partial charge on any atom is -0.480 e. The van der Waals surface area contributed by atoms with Gasteiger partial charge in [-0.1, -0.05) is 0 Å². The van der Waals surface area contributed by atoms with Crippen molar-refractivity contribution in [3.8, 4) is 0 Å². The molecule has 1 atom stereocenters. The molecule has 3 nitrogen and oxygen atoms in total. The maximum atomic E-state index is 10.4. The third-order valence-electron chi connectivity index (χ3n) is 1.26. The average Bonchev–Trinajstić information content (AvgIpc) is 1.89. The van der Waals surface area contributed by atoms with Crippen LogP contribution < -0.4 is 5.32 Å². The molecule has 0 bridgehead atoms. The zero-order valence-electron chi connectivity index (χ0n) is 6.66. The Kier molecular flexibility index (Phi) is 11.0. The predicted molar refractivity (Wildman–Crippen MR) is 58.9 cm³/mol. The first-order valence-corrected chi connectivity index (χ1v) is 4.50. The molecular formula is C6H14INO2S. The minimum absolute atomic E-state index is 0. The molecular weight excluding hydrogens is 277 g/mol. The highest BCUT2D eigenvalue weighted by Gasteiger charge is 2.12. The van der Waals surface area contributed by atoms with Crippen molar-refractivity contribution in [3.05, 3.63) is 0 Å². The van der Waals surface area contributed by atoms with Gasteiger partial charge < -0.3 is 10.4 Å². The number of hydrogen-bond acceptors (Lipinski definition) is 3. The van der Waals surface area contributed by atoms with Crippen LogP contribution >= 0.6 is 35.7 Å². The van der Waals surface area contributed by atoms with Crippen molar-refractivity contribution in [1.82, 2.24) is 5.32 Å². The van der Waals surface area contributed by atoms with Crippen LogP contribution in [0.3, 0.4) is 0 Å². The van der Waals surface area contributed by atoms with E-state index >= 15 is 0 Å². The van der Waals surface area contributed by atoms with E-state index < -0.39 is 5.97 Å². The van der Waals surface area contributed by atoms with E-state index in [1.165, 1.54) is 0 Å². The van der Waals surface area contributed by atoms with Gasteiger partial charge in [-0.15, -0.1) is 24.0 Å². The molecule has 0 aliphatic carbocycles. The van der Waals surface area contributed by atoms with Crippen molar-refractivity contribution in [2.75, 3.05) is 19.1 Å². The number of hydrogen-bond donors (Lipinski definition) is 2. The number of aliphatic carboxylic acids is 1. The van der Waals surface area contributed by atoms with Crippen LogP contribution in [-0.4, -0.2) is 36.2 Å². The highest BCUT2D eigenvalue weighted by atomic mass is 127. The molecule has 0 aromatic rings. The number of likely N-dealkylation sites (N-methyl/N-ethyl adjacent to an activating group) is 1. The van der Waals surface area contributed by atoms with E-state index in [9.17, 15) is 4.79 Å². The largest absolute Gasteiger partial charge is 0.480 e. The van der Waals surface area contributed by atoms with Crippen LogP contribution in [0.5, 0.6) is 0 Å². The van der Waals surface area contributed by atoms with Gasteiger partial charge in [0.2, 0.25) is 0 Å². The normalized spacial score (nSPS) is 11.8. The molecule has 0 radical (unpaired) electrons. The molecule has 0 saturated carbocycles. The van der Waals surface area contributed by atoms with Crippen LogP contribution in [0.1, 0.15) is 6.42 Å². The Bertz CT molecular complexity index is 113. The van der Waals surface area contributed by atoms with Gasteiger partial charge in [0.25, 0.3) is 0 Å². The quantitative estimate of drug-likeness (QED) is 0.743. The second-order valence-electron chi connectivity index (χ2n) is 1.96. The van der Waals surface area contributed by atoms with E-state index in [0.29, 0.717) is 6.42 Å². The first-order chi connectivity index (χ1) is 4.72. The fourth-order valence-electron chi connectivity index (χ4n) is 0.627. The van der Waals surface area contributed by atoms with Gasteiger partial charge >= 0.3 is 5.97 Å². The number of carbonyl (C=O) groups is 1. The average molecular weight is 291 g/mol. The first kappa shape index (κ1) is 14.1. The minimum atomic E-state index is -0.767.